The Labute approximate surface area is 149 Å². The van der Waals surface area contributed by atoms with Crippen LogP contribution in [0.15, 0.2) is 30.5 Å². The van der Waals surface area contributed by atoms with E-state index in [9.17, 15) is 0 Å². The average Bonchev–Trinajstić information content (AvgIpc) is 2.91. The molecule has 0 amide bonds. The standard InChI is InChI=1S/C18H24ClN3S/c1-6-21(7-2)17(23)18(4,5)22-12-13(3)16(20-22)14-10-8-9-11-15(14)19/h8-12H,6-7H2,1-5H3. The molecule has 1 aromatic heterocycles. The maximum absolute atomic E-state index is 6.33. The fourth-order valence-corrected chi connectivity index (χ4v) is 3.24. The summed E-state index contributed by atoms with van der Waals surface area (Å²) in [6.45, 7) is 12.3. The van der Waals surface area contributed by atoms with Crippen molar-refractivity contribution in [3.05, 3.63) is 41.0 Å². The molecule has 0 aliphatic carbocycles. The van der Waals surface area contributed by atoms with Crippen molar-refractivity contribution in [1.82, 2.24) is 14.7 Å². The third-order valence-electron chi connectivity index (χ3n) is 4.17. The van der Waals surface area contributed by atoms with Crippen LogP contribution in [0.2, 0.25) is 5.02 Å². The van der Waals surface area contributed by atoms with Crippen molar-refractivity contribution >= 4 is 28.8 Å². The highest BCUT2D eigenvalue weighted by molar-refractivity contribution is 7.80. The molecule has 0 N–H and O–H groups in total. The molecule has 1 heterocycles. The molecule has 0 atom stereocenters. The topological polar surface area (TPSA) is 21.1 Å². The monoisotopic (exact) mass is 349 g/mol. The fourth-order valence-electron chi connectivity index (χ4n) is 2.66. The lowest BCUT2D eigenvalue weighted by Crippen LogP contribution is -2.45. The number of aryl methyl sites for hydroxylation is 1. The molecule has 0 saturated heterocycles. The van der Waals surface area contributed by atoms with Crippen molar-refractivity contribution in [3.8, 4) is 11.3 Å². The molecular formula is C18H24ClN3S. The lowest BCUT2D eigenvalue weighted by atomic mass is 10.0. The Kier molecular flexibility index (Phi) is 5.48. The van der Waals surface area contributed by atoms with Crippen molar-refractivity contribution in [2.24, 2.45) is 0 Å². The second-order valence-electron chi connectivity index (χ2n) is 6.12. The first-order valence-electron chi connectivity index (χ1n) is 7.93. The highest BCUT2D eigenvalue weighted by Gasteiger charge is 2.30. The van der Waals surface area contributed by atoms with E-state index in [0.717, 1.165) is 34.9 Å². The summed E-state index contributed by atoms with van der Waals surface area (Å²) in [5.41, 5.74) is 2.58. The van der Waals surface area contributed by atoms with E-state index in [0.29, 0.717) is 5.02 Å². The molecule has 124 valence electrons. The molecule has 0 aliphatic rings. The van der Waals surface area contributed by atoms with Crippen LogP contribution in [0.5, 0.6) is 0 Å². The summed E-state index contributed by atoms with van der Waals surface area (Å²) >= 11 is 12.1. The van der Waals surface area contributed by atoms with Gasteiger partial charge < -0.3 is 4.90 Å². The number of likely N-dealkylation sites (N-methyl/N-ethyl adjacent to an activating group) is 1. The molecule has 23 heavy (non-hydrogen) atoms. The number of hydrogen-bond acceptors (Lipinski definition) is 2. The summed E-state index contributed by atoms with van der Waals surface area (Å²) in [7, 11) is 0. The van der Waals surface area contributed by atoms with Gasteiger partial charge in [0, 0.05) is 24.8 Å². The summed E-state index contributed by atoms with van der Waals surface area (Å²) in [5, 5.41) is 5.52. The minimum absolute atomic E-state index is 0.369. The minimum atomic E-state index is -0.369. The largest absolute Gasteiger partial charge is 0.365 e. The van der Waals surface area contributed by atoms with Gasteiger partial charge in [-0.3, -0.25) is 4.68 Å². The highest BCUT2D eigenvalue weighted by Crippen LogP contribution is 2.31. The van der Waals surface area contributed by atoms with Gasteiger partial charge in [-0.15, -0.1) is 0 Å². The Hall–Kier alpha value is -1.39. The predicted molar refractivity (Wildman–Crippen MR) is 102 cm³/mol. The number of thiocarbonyl (C=S) groups is 1. The molecule has 0 radical (unpaired) electrons. The van der Waals surface area contributed by atoms with Gasteiger partial charge in [0.15, 0.2) is 0 Å². The molecule has 0 unspecified atom stereocenters. The minimum Gasteiger partial charge on any atom is -0.365 e. The van der Waals surface area contributed by atoms with Crippen LogP contribution in [0.3, 0.4) is 0 Å². The number of nitrogens with zero attached hydrogens (tertiary/aromatic N) is 3. The predicted octanol–water partition coefficient (Wildman–Crippen LogP) is 4.92. The summed E-state index contributed by atoms with van der Waals surface area (Å²) < 4.78 is 1.96. The number of aromatic nitrogens is 2. The average molecular weight is 350 g/mol. The van der Waals surface area contributed by atoms with Crippen molar-refractivity contribution in [2.75, 3.05) is 13.1 Å². The number of halogens is 1. The van der Waals surface area contributed by atoms with Gasteiger partial charge in [-0.2, -0.15) is 5.10 Å². The Morgan fingerprint density at radius 3 is 2.43 bits per heavy atom. The molecule has 2 rings (SSSR count). The third kappa shape index (κ3) is 3.43. The van der Waals surface area contributed by atoms with E-state index in [-0.39, 0.29) is 5.54 Å². The Morgan fingerprint density at radius 1 is 1.26 bits per heavy atom. The van der Waals surface area contributed by atoms with Crippen LogP contribution in [0.25, 0.3) is 11.3 Å². The second-order valence-corrected chi connectivity index (χ2v) is 6.92. The van der Waals surface area contributed by atoms with Crippen molar-refractivity contribution in [1.29, 1.82) is 0 Å². The van der Waals surface area contributed by atoms with Crippen LogP contribution < -0.4 is 0 Å². The van der Waals surface area contributed by atoms with Crippen molar-refractivity contribution < 1.29 is 0 Å². The van der Waals surface area contributed by atoms with Crippen molar-refractivity contribution in [3.63, 3.8) is 0 Å². The molecule has 3 nitrogen and oxygen atoms in total. The van der Waals surface area contributed by atoms with Crippen LogP contribution in [-0.2, 0) is 5.54 Å². The first-order valence-corrected chi connectivity index (χ1v) is 8.72. The number of benzene rings is 1. The van der Waals surface area contributed by atoms with E-state index in [1.54, 1.807) is 0 Å². The van der Waals surface area contributed by atoms with Gasteiger partial charge in [0.2, 0.25) is 0 Å². The highest BCUT2D eigenvalue weighted by atomic mass is 35.5. The third-order valence-corrected chi connectivity index (χ3v) is 5.26. The summed E-state index contributed by atoms with van der Waals surface area (Å²) in [5.74, 6) is 0. The molecule has 5 heteroatoms. The van der Waals surface area contributed by atoms with Crippen LogP contribution in [0.4, 0.5) is 0 Å². The first kappa shape index (κ1) is 18.0. The fraction of sp³-hybridized carbons (Fsp3) is 0.444. The van der Waals surface area contributed by atoms with E-state index in [2.05, 4.69) is 45.7 Å². The Balaban J connectivity index is 2.44. The van der Waals surface area contributed by atoms with Gasteiger partial charge in [0.1, 0.15) is 10.5 Å². The molecule has 0 aliphatic heterocycles. The molecule has 2 aromatic rings. The number of rotatable bonds is 5. The first-order chi connectivity index (χ1) is 10.8. The van der Waals surface area contributed by atoms with Gasteiger partial charge in [-0.25, -0.2) is 0 Å². The van der Waals surface area contributed by atoms with Gasteiger partial charge in [-0.1, -0.05) is 42.0 Å². The Bertz CT molecular complexity index is 702. The maximum Gasteiger partial charge on any atom is 0.107 e. The summed E-state index contributed by atoms with van der Waals surface area (Å²) in [4.78, 5) is 3.09. The number of hydrogen-bond donors (Lipinski definition) is 0. The Morgan fingerprint density at radius 2 is 1.87 bits per heavy atom. The van der Waals surface area contributed by atoms with Crippen LogP contribution in [0.1, 0.15) is 33.3 Å². The van der Waals surface area contributed by atoms with Crippen LogP contribution >= 0.6 is 23.8 Å². The van der Waals surface area contributed by atoms with E-state index >= 15 is 0 Å². The zero-order valence-electron chi connectivity index (χ0n) is 14.4. The maximum atomic E-state index is 6.33. The van der Waals surface area contributed by atoms with Gasteiger partial charge >= 0.3 is 0 Å². The molecule has 0 saturated carbocycles. The van der Waals surface area contributed by atoms with Crippen LogP contribution in [-0.4, -0.2) is 32.8 Å². The quantitative estimate of drug-likeness (QED) is 0.715. The lowest BCUT2D eigenvalue weighted by molar-refractivity contribution is 0.366. The molecular weight excluding hydrogens is 326 g/mol. The second kappa shape index (κ2) is 7.02. The smallest absolute Gasteiger partial charge is 0.107 e. The van der Waals surface area contributed by atoms with E-state index in [1.807, 2.05) is 28.9 Å². The normalized spacial score (nSPS) is 11.6. The molecule has 1 aromatic carbocycles. The van der Waals surface area contributed by atoms with Gasteiger partial charge in [0.25, 0.3) is 0 Å². The van der Waals surface area contributed by atoms with E-state index < -0.39 is 0 Å². The van der Waals surface area contributed by atoms with Crippen LogP contribution in [0, 0.1) is 6.92 Å². The lowest BCUT2D eigenvalue weighted by Gasteiger charge is -2.34. The van der Waals surface area contributed by atoms with E-state index in [1.165, 1.54) is 0 Å². The SMILES string of the molecule is CCN(CC)C(=S)C(C)(C)n1cc(C)c(-c2ccccc2Cl)n1. The zero-order chi connectivity index (χ0) is 17.2. The summed E-state index contributed by atoms with van der Waals surface area (Å²) in [6, 6.07) is 7.79. The van der Waals surface area contributed by atoms with Crippen molar-refractivity contribution in [2.45, 2.75) is 40.2 Å². The van der Waals surface area contributed by atoms with Gasteiger partial charge in [-0.05, 0) is 46.2 Å². The van der Waals surface area contributed by atoms with Gasteiger partial charge in [0.05, 0.1) is 10.7 Å². The zero-order valence-corrected chi connectivity index (χ0v) is 16.0. The van der Waals surface area contributed by atoms with E-state index in [4.69, 9.17) is 28.9 Å². The molecule has 0 fully saturated rings. The molecule has 0 bridgehead atoms. The molecule has 0 spiro atoms. The summed E-state index contributed by atoms with van der Waals surface area (Å²) in [6.07, 6.45) is 2.05.